The van der Waals surface area contributed by atoms with Gasteiger partial charge in [-0.3, -0.25) is 9.69 Å². The lowest BCUT2D eigenvalue weighted by Crippen LogP contribution is -2.58. The Balaban J connectivity index is 1.71. The van der Waals surface area contributed by atoms with Gasteiger partial charge in [0.2, 0.25) is 5.91 Å². The summed E-state index contributed by atoms with van der Waals surface area (Å²) >= 11 is 0. The Kier molecular flexibility index (Phi) is 5.74. The Morgan fingerprint density at radius 1 is 1.20 bits per heavy atom. The largest absolute Gasteiger partial charge is 0.373 e. The molecular formula is C18H31N5O2. The Morgan fingerprint density at radius 2 is 1.92 bits per heavy atom. The molecule has 1 aromatic heterocycles. The summed E-state index contributed by atoms with van der Waals surface area (Å²) in [6.45, 7) is 11.7. The summed E-state index contributed by atoms with van der Waals surface area (Å²) in [4.78, 5) is 21.8. The number of hydrogen-bond donors (Lipinski definition) is 0. The molecule has 3 rings (SSSR count). The van der Waals surface area contributed by atoms with Crippen LogP contribution in [-0.2, 0) is 9.53 Å². The molecule has 25 heavy (non-hydrogen) atoms. The summed E-state index contributed by atoms with van der Waals surface area (Å²) in [6.07, 6.45) is 5.71. The molecule has 7 heteroatoms. The average Bonchev–Trinajstić information content (AvgIpc) is 3.08. The summed E-state index contributed by atoms with van der Waals surface area (Å²) in [5.74, 6) is 0.526. The van der Waals surface area contributed by atoms with Crippen molar-refractivity contribution in [2.45, 2.75) is 64.8 Å². The number of aromatic nitrogens is 3. The lowest BCUT2D eigenvalue weighted by Gasteiger charge is -2.43. The van der Waals surface area contributed by atoms with E-state index in [4.69, 9.17) is 4.74 Å². The second-order valence-electron chi connectivity index (χ2n) is 7.86. The van der Waals surface area contributed by atoms with Gasteiger partial charge in [0.1, 0.15) is 12.7 Å². The van der Waals surface area contributed by atoms with Crippen molar-refractivity contribution in [3.63, 3.8) is 0 Å². The number of ether oxygens (including phenoxy) is 1. The molecule has 0 unspecified atom stereocenters. The van der Waals surface area contributed by atoms with Crippen LogP contribution in [0.5, 0.6) is 0 Å². The van der Waals surface area contributed by atoms with E-state index in [1.165, 1.54) is 0 Å². The van der Waals surface area contributed by atoms with E-state index in [0.717, 1.165) is 39.0 Å². The van der Waals surface area contributed by atoms with Gasteiger partial charge in [-0.2, -0.15) is 5.10 Å². The quantitative estimate of drug-likeness (QED) is 0.826. The van der Waals surface area contributed by atoms with Crippen LogP contribution in [-0.4, -0.2) is 74.9 Å². The first kappa shape index (κ1) is 18.3. The van der Waals surface area contributed by atoms with Crippen molar-refractivity contribution in [2.24, 2.45) is 5.92 Å². The van der Waals surface area contributed by atoms with E-state index in [-0.39, 0.29) is 36.1 Å². The Bertz CT molecular complexity index is 552. The fourth-order valence-electron chi connectivity index (χ4n) is 4.27. The van der Waals surface area contributed by atoms with E-state index in [2.05, 4.69) is 42.7 Å². The predicted molar refractivity (Wildman–Crippen MR) is 95.1 cm³/mol. The maximum atomic E-state index is 13.4. The Labute approximate surface area is 150 Å². The highest BCUT2D eigenvalue weighted by molar-refractivity contribution is 5.82. The van der Waals surface area contributed by atoms with Crippen LogP contribution in [0.15, 0.2) is 12.7 Å². The molecule has 0 aromatic carbocycles. The van der Waals surface area contributed by atoms with Crippen LogP contribution < -0.4 is 0 Å². The lowest BCUT2D eigenvalue weighted by molar-refractivity contribution is -0.147. The van der Waals surface area contributed by atoms with Crippen molar-refractivity contribution >= 4 is 5.91 Å². The zero-order valence-corrected chi connectivity index (χ0v) is 15.8. The number of likely N-dealkylation sites (tertiary alicyclic amines) is 1. The highest BCUT2D eigenvalue weighted by Gasteiger charge is 2.37. The topological polar surface area (TPSA) is 63.5 Å². The number of nitrogens with zero attached hydrogens (tertiary/aromatic N) is 5. The van der Waals surface area contributed by atoms with Gasteiger partial charge >= 0.3 is 0 Å². The smallest absolute Gasteiger partial charge is 0.240 e. The number of rotatable bonds is 4. The first-order chi connectivity index (χ1) is 12.0. The Morgan fingerprint density at radius 3 is 2.52 bits per heavy atom. The second-order valence-corrected chi connectivity index (χ2v) is 7.86. The predicted octanol–water partition coefficient (Wildman–Crippen LogP) is 1.58. The van der Waals surface area contributed by atoms with E-state index >= 15 is 0 Å². The minimum atomic E-state index is -0.0803. The third-order valence-electron chi connectivity index (χ3n) is 5.24. The van der Waals surface area contributed by atoms with Crippen LogP contribution >= 0.6 is 0 Å². The van der Waals surface area contributed by atoms with Crippen molar-refractivity contribution in [1.82, 2.24) is 24.6 Å². The summed E-state index contributed by atoms with van der Waals surface area (Å²) in [5.41, 5.74) is 0. The third-order valence-corrected chi connectivity index (χ3v) is 5.24. The summed E-state index contributed by atoms with van der Waals surface area (Å²) in [7, 11) is 0. The fourth-order valence-corrected chi connectivity index (χ4v) is 4.27. The maximum Gasteiger partial charge on any atom is 0.240 e. The van der Waals surface area contributed by atoms with Gasteiger partial charge < -0.3 is 9.64 Å². The summed E-state index contributed by atoms with van der Waals surface area (Å²) in [6, 6.07) is 0.152. The number of morpholine rings is 1. The Hall–Kier alpha value is -1.47. The molecule has 4 atom stereocenters. The summed E-state index contributed by atoms with van der Waals surface area (Å²) < 4.78 is 7.74. The molecule has 0 radical (unpaired) electrons. The first-order valence-electron chi connectivity index (χ1n) is 9.48. The highest BCUT2D eigenvalue weighted by Crippen LogP contribution is 2.25. The fraction of sp³-hybridized carbons (Fsp3) is 0.833. The van der Waals surface area contributed by atoms with Gasteiger partial charge in [-0.1, -0.05) is 13.8 Å². The third kappa shape index (κ3) is 4.20. The molecule has 2 saturated heterocycles. The first-order valence-corrected chi connectivity index (χ1v) is 9.48. The van der Waals surface area contributed by atoms with E-state index in [9.17, 15) is 4.79 Å². The zero-order chi connectivity index (χ0) is 18.0. The van der Waals surface area contributed by atoms with Gasteiger partial charge in [-0.15, -0.1) is 0 Å². The molecule has 140 valence electrons. The van der Waals surface area contributed by atoms with E-state index in [1.807, 2.05) is 9.58 Å². The minimum absolute atomic E-state index is 0.0803. The van der Waals surface area contributed by atoms with Crippen molar-refractivity contribution in [3.05, 3.63) is 12.7 Å². The molecule has 1 amide bonds. The van der Waals surface area contributed by atoms with Gasteiger partial charge in [-0.25, -0.2) is 9.67 Å². The van der Waals surface area contributed by atoms with Gasteiger partial charge in [0.15, 0.2) is 0 Å². The molecule has 2 aliphatic heterocycles. The standard InChI is InChI=1S/C18H31N5O2/c1-13(2)17(22-8-14(3)25-15(4)9-22)18(24)21-7-5-6-16(10-21)23-12-19-11-20-23/h11-17H,5-10H2,1-4H3/t14-,15-,16-,17+/m1/s1. The van der Waals surface area contributed by atoms with Crippen LogP contribution in [0.25, 0.3) is 0 Å². The molecule has 3 heterocycles. The van der Waals surface area contributed by atoms with E-state index < -0.39 is 0 Å². The number of carbonyl (C=O) groups is 1. The van der Waals surface area contributed by atoms with Crippen LogP contribution in [0.4, 0.5) is 0 Å². The zero-order valence-electron chi connectivity index (χ0n) is 15.8. The van der Waals surface area contributed by atoms with Gasteiger partial charge in [-0.05, 0) is 32.6 Å². The van der Waals surface area contributed by atoms with Gasteiger partial charge in [0.25, 0.3) is 0 Å². The monoisotopic (exact) mass is 349 g/mol. The average molecular weight is 349 g/mol. The molecule has 0 bridgehead atoms. The molecule has 1 aromatic rings. The van der Waals surface area contributed by atoms with Crippen molar-refractivity contribution in [2.75, 3.05) is 26.2 Å². The normalized spacial score (nSPS) is 29.8. The molecule has 0 aliphatic carbocycles. The number of carbonyl (C=O) groups excluding carboxylic acids is 1. The molecular weight excluding hydrogens is 318 g/mol. The second kappa shape index (κ2) is 7.83. The van der Waals surface area contributed by atoms with E-state index in [1.54, 1.807) is 12.7 Å². The maximum absolute atomic E-state index is 13.4. The molecule has 2 fully saturated rings. The number of amides is 1. The van der Waals surface area contributed by atoms with Crippen LogP contribution in [0, 0.1) is 5.92 Å². The van der Waals surface area contributed by atoms with E-state index in [0.29, 0.717) is 0 Å². The SMILES string of the molecule is CC(C)[C@@H](C(=O)N1CCC[C@@H](n2cncn2)C1)N1C[C@@H](C)O[C@H](C)C1. The molecule has 7 nitrogen and oxygen atoms in total. The molecule has 0 N–H and O–H groups in total. The van der Waals surface area contributed by atoms with Crippen molar-refractivity contribution in [3.8, 4) is 0 Å². The van der Waals surface area contributed by atoms with Crippen LogP contribution in [0.3, 0.4) is 0 Å². The van der Waals surface area contributed by atoms with Crippen molar-refractivity contribution < 1.29 is 9.53 Å². The van der Waals surface area contributed by atoms with Crippen LogP contribution in [0.1, 0.15) is 46.6 Å². The van der Waals surface area contributed by atoms with Gasteiger partial charge in [0, 0.05) is 26.2 Å². The molecule has 2 aliphatic rings. The highest BCUT2D eigenvalue weighted by atomic mass is 16.5. The molecule has 0 spiro atoms. The minimum Gasteiger partial charge on any atom is -0.373 e. The molecule has 0 saturated carbocycles. The number of piperidine rings is 1. The lowest BCUT2D eigenvalue weighted by atomic mass is 9.97. The summed E-state index contributed by atoms with van der Waals surface area (Å²) in [5, 5.41) is 4.26. The van der Waals surface area contributed by atoms with Crippen molar-refractivity contribution in [1.29, 1.82) is 0 Å². The van der Waals surface area contributed by atoms with Gasteiger partial charge in [0.05, 0.1) is 24.3 Å². The van der Waals surface area contributed by atoms with Crippen LogP contribution in [0.2, 0.25) is 0 Å². The number of hydrogen-bond acceptors (Lipinski definition) is 5.